The van der Waals surface area contributed by atoms with Crippen LogP contribution in [0.3, 0.4) is 0 Å². The van der Waals surface area contributed by atoms with E-state index in [1.54, 1.807) is 11.8 Å². The Hall–Kier alpha value is -3.17. The fourth-order valence-electron chi connectivity index (χ4n) is 3.52. The molecule has 150 valence electrons. The van der Waals surface area contributed by atoms with Crippen molar-refractivity contribution in [1.82, 2.24) is 4.90 Å². The van der Waals surface area contributed by atoms with E-state index in [1.807, 2.05) is 54.6 Å². The Labute approximate surface area is 171 Å². The molecule has 1 aliphatic rings. The first-order chi connectivity index (χ1) is 14.1. The second kappa shape index (κ2) is 9.85. The number of carbonyl (C=O) groups excluding carboxylic acids is 2. The average molecular weight is 390 g/mol. The number of anilines is 2. The van der Waals surface area contributed by atoms with Crippen molar-refractivity contribution >= 4 is 23.1 Å². The number of piperazine rings is 1. The fourth-order valence-corrected chi connectivity index (χ4v) is 3.52. The standard InChI is InChI=1S/C23H26N4O2/c1-19(28)20-8-10-21(11-9-20)26-16-14-25(15-17-26)18-23(29)27(13-5-12-24)22-6-3-2-4-7-22/h2-4,6-11H,5,13-18H2,1H3. The molecular formula is C23H26N4O2. The summed E-state index contributed by atoms with van der Waals surface area (Å²) in [5.74, 6) is 0.0879. The Morgan fingerprint density at radius 2 is 1.66 bits per heavy atom. The average Bonchev–Trinajstić information content (AvgIpc) is 2.75. The van der Waals surface area contributed by atoms with Crippen LogP contribution in [0.4, 0.5) is 11.4 Å². The summed E-state index contributed by atoms with van der Waals surface area (Å²) in [5, 5.41) is 8.93. The third-order valence-corrected chi connectivity index (χ3v) is 5.19. The highest BCUT2D eigenvalue weighted by Gasteiger charge is 2.22. The maximum absolute atomic E-state index is 12.9. The maximum atomic E-state index is 12.9. The number of Topliss-reactive ketones (excluding diaryl/α,β-unsaturated/α-hetero) is 1. The molecular weight excluding hydrogens is 364 g/mol. The van der Waals surface area contributed by atoms with Gasteiger partial charge in [0.05, 0.1) is 19.0 Å². The van der Waals surface area contributed by atoms with Crippen molar-refractivity contribution in [2.24, 2.45) is 0 Å². The zero-order valence-electron chi connectivity index (χ0n) is 16.8. The Morgan fingerprint density at radius 1 is 1.00 bits per heavy atom. The SMILES string of the molecule is CC(=O)c1ccc(N2CCN(CC(=O)N(CCC#N)c3ccccc3)CC2)cc1. The highest BCUT2D eigenvalue weighted by Crippen LogP contribution is 2.19. The number of nitrogens with zero attached hydrogens (tertiary/aromatic N) is 4. The Balaban J connectivity index is 1.56. The molecule has 1 aliphatic heterocycles. The number of rotatable bonds is 7. The van der Waals surface area contributed by atoms with Crippen LogP contribution in [0.15, 0.2) is 54.6 Å². The Bertz CT molecular complexity index is 866. The summed E-state index contributed by atoms with van der Waals surface area (Å²) in [5.41, 5.74) is 2.65. The van der Waals surface area contributed by atoms with Crippen LogP contribution < -0.4 is 9.80 Å². The zero-order chi connectivity index (χ0) is 20.6. The van der Waals surface area contributed by atoms with Crippen LogP contribution in [0.2, 0.25) is 0 Å². The second-order valence-electron chi connectivity index (χ2n) is 7.16. The van der Waals surface area contributed by atoms with E-state index in [0.717, 1.165) is 43.1 Å². The van der Waals surface area contributed by atoms with Gasteiger partial charge in [-0.2, -0.15) is 5.26 Å². The largest absolute Gasteiger partial charge is 0.369 e. The topological polar surface area (TPSA) is 67.7 Å². The molecule has 0 aromatic heterocycles. The quantitative estimate of drug-likeness (QED) is 0.680. The minimum absolute atomic E-state index is 0.0192. The first-order valence-corrected chi connectivity index (χ1v) is 9.89. The number of ketones is 1. The van der Waals surface area contributed by atoms with Gasteiger partial charge >= 0.3 is 0 Å². The smallest absolute Gasteiger partial charge is 0.241 e. The predicted octanol–water partition coefficient (Wildman–Crippen LogP) is 2.96. The second-order valence-corrected chi connectivity index (χ2v) is 7.16. The minimum atomic E-state index is 0.0192. The molecule has 0 aliphatic carbocycles. The van der Waals surface area contributed by atoms with Crippen molar-refractivity contribution in [2.45, 2.75) is 13.3 Å². The highest BCUT2D eigenvalue weighted by atomic mass is 16.2. The van der Waals surface area contributed by atoms with Crippen LogP contribution in [0.1, 0.15) is 23.7 Å². The molecule has 29 heavy (non-hydrogen) atoms. The third-order valence-electron chi connectivity index (χ3n) is 5.19. The van der Waals surface area contributed by atoms with Gasteiger partial charge in [-0.15, -0.1) is 0 Å². The van der Waals surface area contributed by atoms with E-state index in [0.29, 0.717) is 19.5 Å². The van der Waals surface area contributed by atoms with Gasteiger partial charge in [0, 0.05) is 49.7 Å². The maximum Gasteiger partial charge on any atom is 0.241 e. The molecule has 0 bridgehead atoms. The van der Waals surface area contributed by atoms with Gasteiger partial charge in [0.25, 0.3) is 0 Å². The molecule has 0 N–H and O–H groups in total. The summed E-state index contributed by atoms with van der Waals surface area (Å²) in [6, 6.07) is 19.3. The lowest BCUT2D eigenvalue weighted by molar-refractivity contribution is -0.119. The number of benzene rings is 2. The summed E-state index contributed by atoms with van der Waals surface area (Å²) in [4.78, 5) is 30.5. The van der Waals surface area contributed by atoms with E-state index in [-0.39, 0.29) is 11.7 Å². The van der Waals surface area contributed by atoms with Crippen LogP contribution in [-0.4, -0.2) is 55.9 Å². The summed E-state index contributed by atoms with van der Waals surface area (Å²) < 4.78 is 0. The van der Waals surface area contributed by atoms with Crippen LogP contribution in [0.5, 0.6) is 0 Å². The van der Waals surface area contributed by atoms with E-state index in [9.17, 15) is 9.59 Å². The van der Waals surface area contributed by atoms with Crippen molar-refractivity contribution in [3.05, 3.63) is 60.2 Å². The lowest BCUT2D eigenvalue weighted by atomic mass is 10.1. The van der Waals surface area contributed by atoms with Crippen molar-refractivity contribution in [2.75, 3.05) is 49.1 Å². The van der Waals surface area contributed by atoms with Gasteiger partial charge < -0.3 is 9.80 Å². The van der Waals surface area contributed by atoms with Crippen molar-refractivity contribution in [3.8, 4) is 6.07 Å². The van der Waals surface area contributed by atoms with E-state index in [2.05, 4.69) is 15.9 Å². The first kappa shape index (κ1) is 20.6. The lowest BCUT2D eigenvalue weighted by Gasteiger charge is -2.36. The number of hydrogen-bond acceptors (Lipinski definition) is 5. The first-order valence-electron chi connectivity index (χ1n) is 9.89. The van der Waals surface area contributed by atoms with Crippen LogP contribution >= 0.6 is 0 Å². The molecule has 2 aromatic carbocycles. The van der Waals surface area contributed by atoms with E-state index >= 15 is 0 Å². The zero-order valence-corrected chi connectivity index (χ0v) is 16.8. The normalized spacial score (nSPS) is 14.3. The number of para-hydroxylation sites is 1. The lowest BCUT2D eigenvalue weighted by Crippen LogP contribution is -2.50. The van der Waals surface area contributed by atoms with Gasteiger partial charge in [0.15, 0.2) is 5.78 Å². The molecule has 1 fully saturated rings. The molecule has 0 unspecified atom stereocenters. The molecule has 0 atom stereocenters. The van der Waals surface area contributed by atoms with Crippen LogP contribution in [-0.2, 0) is 4.79 Å². The third kappa shape index (κ3) is 5.43. The van der Waals surface area contributed by atoms with Crippen molar-refractivity contribution in [3.63, 3.8) is 0 Å². The molecule has 6 heteroatoms. The minimum Gasteiger partial charge on any atom is -0.369 e. The van der Waals surface area contributed by atoms with Crippen LogP contribution in [0, 0.1) is 11.3 Å². The number of carbonyl (C=O) groups is 2. The van der Waals surface area contributed by atoms with Crippen molar-refractivity contribution < 1.29 is 9.59 Å². The van der Waals surface area contributed by atoms with E-state index < -0.39 is 0 Å². The molecule has 0 radical (unpaired) electrons. The number of nitriles is 1. The molecule has 3 rings (SSSR count). The molecule has 1 amide bonds. The Morgan fingerprint density at radius 3 is 2.24 bits per heavy atom. The van der Waals surface area contributed by atoms with Gasteiger partial charge in [-0.05, 0) is 43.3 Å². The van der Waals surface area contributed by atoms with E-state index in [1.165, 1.54) is 0 Å². The summed E-state index contributed by atoms with van der Waals surface area (Å²) in [7, 11) is 0. The predicted molar refractivity (Wildman–Crippen MR) is 114 cm³/mol. The molecule has 6 nitrogen and oxygen atoms in total. The Kier molecular flexibility index (Phi) is 6.99. The van der Waals surface area contributed by atoms with Gasteiger partial charge in [0.1, 0.15) is 0 Å². The van der Waals surface area contributed by atoms with Crippen LogP contribution in [0.25, 0.3) is 0 Å². The highest BCUT2D eigenvalue weighted by molar-refractivity contribution is 5.95. The summed E-state index contributed by atoms with van der Waals surface area (Å²) in [6.07, 6.45) is 0.310. The van der Waals surface area contributed by atoms with Gasteiger partial charge in [0.2, 0.25) is 5.91 Å². The molecule has 0 saturated carbocycles. The monoisotopic (exact) mass is 390 g/mol. The number of hydrogen-bond donors (Lipinski definition) is 0. The molecule has 2 aromatic rings. The molecule has 1 saturated heterocycles. The van der Waals surface area contributed by atoms with Gasteiger partial charge in [-0.25, -0.2) is 0 Å². The number of amides is 1. The summed E-state index contributed by atoms with van der Waals surface area (Å²) in [6.45, 7) is 5.56. The molecule has 1 heterocycles. The summed E-state index contributed by atoms with van der Waals surface area (Å²) >= 11 is 0. The fraction of sp³-hybridized carbons (Fsp3) is 0.348. The van der Waals surface area contributed by atoms with Crippen molar-refractivity contribution in [1.29, 1.82) is 5.26 Å². The van der Waals surface area contributed by atoms with E-state index in [4.69, 9.17) is 5.26 Å². The molecule has 0 spiro atoms. The van der Waals surface area contributed by atoms with Gasteiger partial charge in [-0.3, -0.25) is 14.5 Å². The van der Waals surface area contributed by atoms with Gasteiger partial charge in [-0.1, -0.05) is 18.2 Å².